The number of rotatable bonds is 2. The first-order valence-electron chi connectivity index (χ1n) is 8.53. The number of piperazine rings is 1. The van der Waals surface area contributed by atoms with E-state index < -0.39 is 0 Å². The lowest BCUT2D eigenvalue weighted by molar-refractivity contribution is 0.509. The molecule has 4 nitrogen and oxygen atoms in total. The second kappa shape index (κ2) is 5.78. The van der Waals surface area contributed by atoms with E-state index in [0.29, 0.717) is 0 Å². The van der Waals surface area contributed by atoms with Gasteiger partial charge in [0.1, 0.15) is 16.5 Å². The van der Waals surface area contributed by atoms with Crippen molar-refractivity contribution in [2.75, 3.05) is 31.1 Å². The lowest BCUT2D eigenvalue weighted by Gasteiger charge is -2.29. The smallest absolute Gasteiger partial charge is 0.141 e. The molecule has 0 amide bonds. The number of anilines is 1. The Hall–Kier alpha value is -1.20. The van der Waals surface area contributed by atoms with Crippen molar-refractivity contribution in [3.05, 3.63) is 16.3 Å². The van der Waals surface area contributed by atoms with Crippen LogP contribution in [0.3, 0.4) is 0 Å². The molecule has 22 heavy (non-hydrogen) atoms. The maximum atomic E-state index is 4.94. The fourth-order valence-corrected chi connectivity index (χ4v) is 5.03. The SMILES string of the molecule is CCc1nc(N2CCNCC2)c2c3c(sc2n1)CC(C)CC3. The summed E-state index contributed by atoms with van der Waals surface area (Å²) in [4.78, 5) is 15.0. The molecule has 1 saturated heterocycles. The number of aromatic nitrogens is 2. The number of nitrogens with zero attached hydrogens (tertiary/aromatic N) is 3. The van der Waals surface area contributed by atoms with Crippen LogP contribution in [0.25, 0.3) is 10.2 Å². The van der Waals surface area contributed by atoms with E-state index in [9.17, 15) is 0 Å². The summed E-state index contributed by atoms with van der Waals surface area (Å²) in [6.45, 7) is 8.73. The molecule has 0 radical (unpaired) electrons. The topological polar surface area (TPSA) is 41.1 Å². The Balaban J connectivity index is 1.88. The van der Waals surface area contributed by atoms with Gasteiger partial charge in [-0.05, 0) is 30.7 Å². The minimum absolute atomic E-state index is 0.807. The van der Waals surface area contributed by atoms with Gasteiger partial charge in [-0.25, -0.2) is 9.97 Å². The van der Waals surface area contributed by atoms with E-state index in [1.165, 1.54) is 35.3 Å². The Morgan fingerprint density at radius 2 is 2.09 bits per heavy atom. The molecule has 5 heteroatoms. The molecule has 0 aromatic carbocycles. The third-order valence-corrected chi connectivity index (χ3v) is 6.06. The standard InChI is InChI=1S/C17H24N4S/c1-3-14-19-16(21-8-6-18-7-9-21)15-12-5-4-11(2)10-13(12)22-17(15)20-14/h11,18H,3-10H2,1-2H3. The summed E-state index contributed by atoms with van der Waals surface area (Å²) in [5.41, 5.74) is 1.55. The van der Waals surface area contributed by atoms with Gasteiger partial charge < -0.3 is 10.2 Å². The summed E-state index contributed by atoms with van der Waals surface area (Å²) < 4.78 is 0. The number of thiophene rings is 1. The van der Waals surface area contributed by atoms with Gasteiger partial charge >= 0.3 is 0 Å². The largest absolute Gasteiger partial charge is 0.353 e. The van der Waals surface area contributed by atoms with Gasteiger partial charge in [0.15, 0.2) is 0 Å². The van der Waals surface area contributed by atoms with Crippen LogP contribution in [0.4, 0.5) is 5.82 Å². The van der Waals surface area contributed by atoms with Crippen molar-refractivity contribution in [3.8, 4) is 0 Å². The number of nitrogens with one attached hydrogen (secondary N) is 1. The van der Waals surface area contributed by atoms with Crippen LogP contribution in [-0.4, -0.2) is 36.1 Å². The molecule has 2 aromatic rings. The highest BCUT2D eigenvalue weighted by atomic mass is 32.1. The van der Waals surface area contributed by atoms with Gasteiger partial charge in [0.05, 0.1) is 5.39 Å². The normalized spacial score (nSPS) is 22.1. The van der Waals surface area contributed by atoms with E-state index in [1.807, 2.05) is 11.3 Å². The van der Waals surface area contributed by atoms with Crippen LogP contribution in [0.15, 0.2) is 0 Å². The van der Waals surface area contributed by atoms with Crippen LogP contribution >= 0.6 is 11.3 Å². The van der Waals surface area contributed by atoms with Crippen LogP contribution in [0.5, 0.6) is 0 Å². The lowest BCUT2D eigenvalue weighted by Crippen LogP contribution is -2.44. The molecule has 0 saturated carbocycles. The van der Waals surface area contributed by atoms with Crippen LogP contribution in [0.2, 0.25) is 0 Å². The molecular weight excluding hydrogens is 292 g/mol. The Kier molecular flexibility index (Phi) is 3.78. The lowest BCUT2D eigenvalue weighted by atomic mass is 9.89. The van der Waals surface area contributed by atoms with Gasteiger partial charge in [-0.3, -0.25) is 0 Å². The summed E-state index contributed by atoms with van der Waals surface area (Å²) in [7, 11) is 0. The monoisotopic (exact) mass is 316 g/mol. The zero-order chi connectivity index (χ0) is 15.1. The molecule has 0 bridgehead atoms. The van der Waals surface area contributed by atoms with Gasteiger partial charge in [0.25, 0.3) is 0 Å². The zero-order valence-corrected chi connectivity index (χ0v) is 14.3. The van der Waals surface area contributed by atoms with Gasteiger partial charge in [0, 0.05) is 37.5 Å². The van der Waals surface area contributed by atoms with E-state index in [2.05, 4.69) is 24.1 Å². The maximum Gasteiger partial charge on any atom is 0.141 e. The molecule has 1 atom stereocenters. The maximum absolute atomic E-state index is 4.94. The predicted octanol–water partition coefficient (Wildman–Crippen LogP) is 2.79. The first-order chi connectivity index (χ1) is 10.8. The number of hydrogen-bond acceptors (Lipinski definition) is 5. The molecule has 1 unspecified atom stereocenters. The van der Waals surface area contributed by atoms with Crippen LogP contribution in [0.1, 0.15) is 36.5 Å². The molecule has 0 spiro atoms. The molecule has 118 valence electrons. The molecule has 4 rings (SSSR count). The van der Waals surface area contributed by atoms with Crippen molar-refractivity contribution in [2.24, 2.45) is 5.92 Å². The molecule has 1 aliphatic carbocycles. The summed E-state index contributed by atoms with van der Waals surface area (Å²) in [6, 6.07) is 0. The summed E-state index contributed by atoms with van der Waals surface area (Å²) in [6.07, 6.45) is 4.63. The van der Waals surface area contributed by atoms with E-state index in [0.717, 1.165) is 44.3 Å². The van der Waals surface area contributed by atoms with E-state index in [4.69, 9.17) is 9.97 Å². The van der Waals surface area contributed by atoms with E-state index in [-0.39, 0.29) is 0 Å². The number of aryl methyl sites for hydroxylation is 2. The summed E-state index contributed by atoms with van der Waals surface area (Å²) in [5, 5.41) is 4.81. The quantitative estimate of drug-likeness (QED) is 0.925. The highest BCUT2D eigenvalue weighted by Gasteiger charge is 2.26. The Morgan fingerprint density at radius 3 is 2.86 bits per heavy atom. The second-order valence-corrected chi connectivity index (χ2v) is 7.67. The number of hydrogen-bond donors (Lipinski definition) is 1. The average Bonchev–Trinajstić information content (AvgIpc) is 2.91. The second-order valence-electron chi connectivity index (χ2n) is 6.59. The fraction of sp³-hybridized carbons (Fsp3) is 0.647. The van der Waals surface area contributed by atoms with Gasteiger partial charge in [-0.2, -0.15) is 0 Å². The van der Waals surface area contributed by atoms with E-state index in [1.54, 1.807) is 10.4 Å². The van der Waals surface area contributed by atoms with Crippen LogP contribution in [-0.2, 0) is 19.3 Å². The third kappa shape index (κ3) is 2.40. The van der Waals surface area contributed by atoms with Crippen LogP contribution < -0.4 is 10.2 Å². The minimum atomic E-state index is 0.807. The number of fused-ring (bicyclic) bond motifs is 3. The average molecular weight is 316 g/mol. The third-order valence-electron chi connectivity index (χ3n) is 4.92. The molecule has 2 aromatic heterocycles. The molecule has 1 N–H and O–H groups in total. The van der Waals surface area contributed by atoms with Gasteiger partial charge in [-0.1, -0.05) is 13.8 Å². The van der Waals surface area contributed by atoms with Crippen molar-refractivity contribution in [1.82, 2.24) is 15.3 Å². The Bertz CT molecular complexity index is 688. The molecule has 3 heterocycles. The Morgan fingerprint density at radius 1 is 1.27 bits per heavy atom. The van der Waals surface area contributed by atoms with Gasteiger partial charge in [-0.15, -0.1) is 11.3 Å². The molecule has 1 fully saturated rings. The van der Waals surface area contributed by atoms with E-state index >= 15 is 0 Å². The van der Waals surface area contributed by atoms with Crippen molar-refractivity contribution in [3.63, 3.8) is 0 Å². The van der Waals surface area contributed by atoms with Crippen molar-refractivity contribution >= 4 is 27.4 Å². The minimum Gasteiger partial charge on any atom is -0.353 e. The van der Waals surface area contributed by atoms with Crippen molar-refractivity contribution < 1.29 is 0 Å². The predicted molar refractivity (Wildman–Crippen MR) is 93.1 cm³/mol. The van der Waals surface area contributed by atoms with Crippen molar-refractivity contribution in [2.45, 2.75) is 39.5 Å². The Labute approximate surface area is 136 Å². The first-order valence-corrected chi connectivity index (χ1v) is 9.34. The molecule has 1 aliphatic heterocycles. The highest BCUT2D eigenvalue weighted by molar-refractivity contribution is 7.19. The van der Waals surface area contributed by atoms with Crippen LogP contribution in [0, 0.1) is 5.92 Å². The molecule has 2 aliphatic rings. The zero-order valence-electron chi connectivity index (χ0n) is 13.5. The summed E-state index contributed by atoms with van der Waals surface area (Å²) in [5.74, 6) is 3.00. The fourth-order valence-electron chi connectivity index (χ4n) is 3.63. The summed E-state index contributed by atoms with van der Waals surface area (Å²) >= 11 is 1.92. The van der Waals surface area contributed by atoms with Gasteiger partial charge in [0.2, 0.25) is 0 Å². The first kappa shape index (κ1) is 14.4. The van der Waals surface area contributed by atoms with Crippen molar-refractivity contribution in [1.29, 1.82) is 0 Å². The highest BCUT2D eigenvalue weighted by Crippen LogP contribution is 2.41. The molecular formula is C17H24N4S.